The molecule has 24 heavy (non-hydrogen) atoms. The largest absolute Gasteiger partial charge is 0.424 e. The number of ether oxygens (including phenoxy) is 1. The normalized spacial score (nSPS) is 10.2. The number of nitrogens with zero attached hydrogens (tertiary/aromatic N) is 3. The van der Waals surface area contributed by atoms with Gasteiger partial charge in [-0.25, -0.2) is 15.0 Å². The molecule has 0 radical (unpaired) electrons. The van der Waals surface area contributed by atoms with Gasteiger partial charge in [-0.05, 0) is 48.9 Å². The van der Waals surface area contributed by atoms with E-state index in [1.54, 1.807) is 48.8 Å². The smallest absolute Gasteiger partial charge is 0.321 e. The van der Waals surface area contributed by atoms with Gasteiger partial charge in [0.15, 0.2) is 0 Å². The number of carbonyl (C=O) groups is 1. The highest BCUT2D eigenvalue weighted by Crippen LogP contribution is 2.24. The van der Waals surface area contributed by atoms with Gasteiger partial charge in [0.2, 0.25) is 0 Å². The monoisotopic (exact) mass is 340 g/mol. The number of pyridine rings is 1. The predicted molar refractivity (Wildman–Crippen MR) is 90.5 cm³/mol. The molecular formula is C17H13ClN4O2. The lowest BCUT2D eigenvalue weighted by Gasteiger charge is -2.10. The van der Waals surface area contributed by atoms with Crippen LogP contribution in [-0.2, 0) is 0 Å². The Morgan fingerprint density at radius 1 is 1.12 bits per heavy atom. The van der Waals surface area contributed by atoms with Gasteiger partial charge in [-0.15, -0.1) is 0 Å². The zero-order valence-corrected chi connectivity index (χ0v) is 13.5. The summed E-state index contributed by atoms with van der Waals surface area (Å²) in [4.78, 5) is 24.1. The molecule has 0 unspecified atom stereocenters. The van der Waals surface area contributed by atoms with Crippen molar-refractivity contribution in [2.45, 2.75) is 6.92 Å². The molecule has 0 spiro atoms. The second-order valence-electron chi connectivity index (χ2n) is 4.93. The Bertz CT molecular complexity index is 854. The lowest BCUT2D eigenvalue weighted by molar-refractivity contribution is 0.102. The summed E-state index contributed by atoms with van der Waals surface area (Å²) in [6, 6.07) is 10.5. The molecule has 0 saturated heterocycles. The van der Waals surface area contributed by atoms with E-state index in [-0.39, 0.29) is 11.9 Å². The summed E-state index contributed by atoms with van der Waals surface area (Å²) in [5.41, 5.74) is 1.95. The topological polar surface area (TPSA) is 77.0 Å². The predicted octanol–water partition coefficient (Wildman–Crippen LogP) is 3.88. The third-order valence-electron chi connectivity index (χ3n) is 3.19. The minimum atomic E-state index is -0.262. The first-order chi connectivity index (χ1) is 11.6. The Labute approximate surface area is 143 Å². The summed E-state index contributed by atoms with van der Waals surface area (Å²) >= 11 is 5.72. The van der Waals surface area contributed by atoms with Crippen LogP contribution < -0.4 is 10.1 Å². The number of nitrogens with one attached hydrogen (secondary N) is 1. The molecule has 2 heterocycles. The highest BCUT2D eigenvalue weighted by molar-refractivity contribution is 6.29. The third kappa shape index (κ3) is 3.85. The van der Waals surface area contributed by atoms with Crippen molar-refractivity contribution >= 4 is 23.2 Å². The van der Waals surface area contributed by atoms with E-state index in [1.807, 2.05) is 6.92 Å². The van der Waals surface area contributed by atoms with Gasteiger partial charge in [-0.1, -0.05) is 11.6 Å². The maximum absolute atomic E-state index is 12.2. The van der Waals surface area contributed by atoms with Crippen molar-refractivity contribution < 1.29 is 9.53 Å². The Morgan fingerprint density at radius 2 is 1.92 bits per heavy atom. The minimum absolute atomic E-state index is 0.262. The van der Waals surface area contributed by atoms with E-state index in [9.17, 15) is 4.79 Å². The number of amides is 1. The summed E-state index contributed by atoms with van der Waals surface area (Å²) in [5, 5.41) is 3.17. The van der Waals surface area contributed by atoms with Crippen molar-refractivity contribution in [1.82, 2.24) is 15.0 Å². The zero-order chi connectivity index (χ0) is 16.9. The molecule has 1 amide bonds. The molecule has 1 N–H and O–H groups in total. The van der Waals surface area contributed by atoms with Crippen molar-refractivity contribution in [2.75, 3.05) is 5.32 Å². The first kappa shape index (κ1) is 15.9. The fraction of sp³-hybridized carbons (Fsp3) is 0.0588. The molecular weight excluding hydrogens is 328 g/mol. The van der Waals surface area contributed by atoms with Crippen molar-refractivity contribution in [2.24, 2.45) is 0 Å². The number of hydrogen-bond donors (Lipinski definition) is 1. The van der Waals surface area contributed by atoms with E-state index in [4.69, 9.17) is 16.3 Å². The fourth-order valence-corrected chi connectivity index (χ4v) is 2.10. The molecule has 120 valence electrons. The van der Waals surface area contributed by atoms with Gasteiger partial charge in [0.1, 0.15) is 10.9 Å². The van der Waals surface area contributed by atoms with Gasteiger partial charge in [0.05, 0.1) is 5.56 Å². The lowest BCUT2D eigenvalue weighted by Crippen LogP contribution is -2.13. The van der Waals surface area contributed by atoms with Crippen molar-refractivity contribution in [1.29, 1.82) is 0 Å². The van der Waals surface area contributed by atoms with Gasteiger partial charge in [0, 0.05) is 24.3 Å². The van der Waals surface area contributed by atoms with Crippen LogP contribution in [0.2, 0.25) is 5.15 Å². The number of rotatable bonds is 4. The van der Waals surface area contributed by atoms with E-state index in [2.05, 4.69) is 20.3 Å². The minimum Gasteiger partial charge on any atom is -0.424 e. The lowest BCUT2D eigenvalue weighted by atomic mass is 10.1. The van der Waals surface area contributed by atoms with Gasteiger partial charge >= 0.3 is 6.01 Å². The van der Waals surface area contributed by atoms with Crippen molar-refractivity contribution in [3.8, 4) is 11.8 Å². The standard InChI is InChI=1S/C17H13ClN4O2/c1-11-9-13(24-17-19-7-2-8-20-17)4-5-14(11)22-16(23)12-3-6-15(18)21-10-12/h2-10H,1H3,(H,22,23). The quantitative estimate of drug-likeness (QED) is 0.729. The first-order valence-electron chi connectivity index (χ1n) is 7.10. The molecule has 0 aliphatic rings. The summed E-state index contributed by atoms with van der Waals surface area (Å²) in [6.07, 6.45) is 4.63. The highest BCUT2D eigenvalue weighted by Gasteiger charge is 2.09. The van der Waals surface area contributed by atoms with Gasteiger partial charge in [-0.3, -0.25) is 4.79 Å². The molecule has 1 aromatic carbocycles. The Morgan fingerprint density at radius 3 is 2.58 bits per heavy atom. The van der Waals surface area contributed by atoms with Crippen LogP contribution in [0.4, 0.5) is 5.69 Å². The van der Waals surface area contributed by atoms with Crippen molar-refractivity contribution in [3.05, 3.63) is 71.3 Å². The van der Waals surface area contributed by atoms with Gasteiger partial charge in [-0.2, -0.15) is 0 Å². The van der Waals surface area contributed by atoms with E-state index in [0.717, 1.165) is 5.56 Å². The average molecular weight is 341 g/mol. The van der Waals surface area contributed by atoms with Crippen LogP contribution in [-0.4, -0.2) is 20.9 Å². The second kappa shape index (κ2) is 7.06. The first-order valence-corrected chi connectivity index (χ1v) is 7.48. The highest BCUT2D eigenvalue weighted by atomic mass is 35.5. The Balaban J connectivity index is 1.73. The van der Waals surface area contributed by atoms with Crippen LogP contribution >= 0.6 is 11.6 Å². The molecule has 0 fully saturated rings. The molecule has 3 rings (SSSR count). The number of aryl methyl sites for hydroxylation is 1. The molecule has 3 aromatic rings. The maximum Gasteiger partial charge on any atom is 0.321 e. The van der Waals surface area contributed by atoms with E-state index >= 15 is 0 Å². The maximum atomic E-state index is 12.2. The molecule has 0 aliphatic carbocycles. The number of benzene rings is 1. The van der Waals surface area contributed by atoms with Crippen LogP contribution in [0.5, 0.6) is 11.8 Å². The summed E-state index contributed by atoms with van der Waals surface area (Å²) in [7, 11) is 0. The fourth-order valence-electron chi connectivity index (χ4n) is 1.99. The second-order valence-corrected chi connectivity index (χ2v) is 5.32. The Kier molecular flexibility index (Phi) is 4.67. The van der Waals surface area contributed by atoms with E-state index in [0.29, 0.717) is 22.2 Å². The van der Waals surface area contributed by atoms with Gasteiger partial charge in [0.25, 0.3) is 5.91 Å². The number of hydrogen-bond acceptors (Lipinski definition) is 5. The van der Waals surface area contributed by atoms with Crippen LogP contribution in [0.25, 0.3) is 0 Å². The SMILES string of the molecule is Cc1cc(Oc2ncccn2)ccc1NC(=O)c1ccc(Cl)nc1. The van der Waals surface area contributed by atoms with Crippen LogP contribution in [0.3, 0.4) is 0 Å². The van der Waals surface area contributed by atoms with Gasteiger partial charge < -0.3 is 10.1 Å². The summed E-state index contributed by atoms with van der Waals surface area (Å²) in [6.45, 7) is 1.87. The molecule has 2 aromatic heterocycles. The van der Waals surface area contributed by atoms with E-state index in [1.165, 1.54) is 6.20 Å². The molecule has 0 aliphatic heterocycles. The number of aromatic nitrogens is 3. The Hall–Kier alpha value is -2.99. The average Bonchev–Trinajstić information content (AvgIpc) is 2.59. The van der Waals surface area contributed by atoms with E-state index < -0.39 is 0 Å². The third-order valence-corrected chi connectivity index (χ3v) is 3.41. The molecule has 7 heteroatoms. The number of anilines is 1. The number of halogens is 1. The molecule has 0 atom stereocenters. The summed E-state index contributed by atoms with van der Waals surface area (Å²) in [5.74, 6) is 0.326. The molecule has 6 nitrogen and oxygen atoms in total. The number of carbonyl (C=O) groups excluding carboxylic acids is 1. The zero-order valence-electron chi connectivity index (χ0n) is 12.7. The summed E-state index contributed by atoms with van der Waals surface area (Å²) < 4.78 is 5.56. The molecule has 0 saturated carbocycles. The van der Waals surface area contributed by atoms with Crippen LogP contribution in [0, 0.1) is 6.92 Å². The molecule has 0 bridgehead atoms. The van der Waals surface area contributed by atoms with Crippen LogP contribution in [0.1, 0.15) is 15.9 Å². The van der Waals surface area contributed by atoms with Crippen molar-refractivity contribution in [3.63, 3.8) is 0 Å². The van der Waals surface area contributed by atoms with Crippen LogP contribution in [0.15, 0.2) is 55.0 Å².